The number of unbranched alkanes of at least 4 members (excludes halogenated alkanes) is 2. The lowest BCUT2D eigenvalue weighted by Gasteiger charge is -2.22. The fourth-order valence-electron chi connectivity index (χ4n) is 2.02. The van der Waals surface area contributed by atoms with Crippen LogP contribution in [0.4, 0.5) is 10.1 Å². The third kappa shape index (κ3) is 7.16. The van der Waals surface area contributed by atoms with Crippen LogP contribution in [0.1, 0.15) is 39.5 Å². The Morgan fingerprint density at radius 2 is 1.53 bits per heavy atom. The number of nitrogens with zero attached hydrogens (tertiary/aromatic N) is 1. The first-order valence-electron chi connectivity index (χ1n) is 7.48. The molecule has 19 heavy (non-hydrogen) atoms. The molecule has 1 aromatic carbocycles. The smallest absolute Gasteiger partial charge is 0.123 e. The van der Waals surface area contributed by atoms with Crippen LogP contribution in [0.2, 0.25) is 0 Å². The second-order valence-electron chi connectivity index (χ2n) is 4.98. The van der Waals surface area contributed by atoms with Gasteiger partial charge in [-0.1, -0.05) is 26.7 Å². The molecule has 0 amide bonds. The van der Waals surface area contributed by atoms with E-state index in [0.29, 0.717) is 0 Å². The van der Waals surface area contributed by atoms with Gasteiger partial charge in [0.05, 0.1) is 0 Å². The molecule has 0 spiro atoms. The highest BCUT2D eigenvalue weighted by atomic mass is 19.1. The van der Waals surface area contributed by atoms with E-state index in [9.17, 15) is 4.39 Å². The number of rotatable bonds is 10. The lowest BCUT2D eigenvalue weighted by molar-refractivity contribution is 0.275. The first-order chi connectivity index (χ1) is 9.26. The quantitative estimate of drug-likeness (QED) is 0.684. The van der Waals surface area contributed by atoms with Crippen molar-refractivity contribution in [2.75, 3.05) is 31.5 Å². The molecule has 0 saturated carbocycles. The van der Waals surface area contributed by atoms with Gasteiger partial charge in [-0.3, -0.25) is 0 Å². The van der Waals surface area contributed by atoms with E-state index in [2.05, 4.69) is 24.1 Å². The van der Waals surface area contributed by atoms with Crippen molar-refractivity contribution in [2.24, 2.45) is 0 Å². The highest BCUT2D eigenvalue weighted by molar-refractivity contribution is 5.42. The van der Waals surface area contributed by atoms with E-state index >= 15 is 0 Å². The number of anilines is 1. The van der Waals surface area contributed by atoms with Gasteiger partial charge in [-0.15, -0.1) is 0 Å². The molecule has 0 fully saturated rings. The number of benzene rings is 1. The summed E-state index contributed by atoms with van der Waals surface area (Å²) in [5.74, 6) is -0.182. The van der Waals surface area contributed by atoms with E-state index < -0.39 is 0 Å². The molecule has 1 aromatic rings. The lowest BCUT2D eigenvalue weighted by atomic mass is 10.2. The van der Waals surface area contributed by atoms with Crippen LogP contribution in [0.15, 0.2) is 24.3 Å². The predicted octanol–water partition coefficient (Wildman–Crippen LogP) is 4.14. The molecule has 0 aliphatic heterocycles. The van der Waals surface area contributed by atoms with Gasteiger partial charge in [0.15, 0.2) is 0 Å². The minimum atomic E-state index is -0.182. The SMILES string of the molecule is CCCCN(CCCC)CCNc1ccc(F)cc1. The van der Waals surface area contributed by atoms with Crippen LogP contribution in [-0.2, 0) is 0 Å². The van der Waals surface area contributed by atoms with E-state index in [1.54, 1.807) is 12.1 Å². The van der Waals surface area contributed by atoms with Crippen LogP contribution in [0.25, 0.3) is 0 Å². The van der Waals surface area contributed by atoms with Gasteiger partial charge in [0.2, 0.25) is 0 Å². The summed E-state index contributed by atoms with van der Waals surface area (Å²) in [6.07, 6.45) is 5.02. The summed E-state index contributed by atoms with van der Waals surface area (Å²) >= 11 is 0. The van der Waals surface area contributed by atoms with Crippen LogP contribution in [-0.4, -0.2) is 31.1 Å². The Morgan fingerprint density at radius 1 is 0.947 bits per heavy atom. The van der Waals surface area contributed by atoms with Crippen LogP contribution < -0.4 is 5.32 Å². The summed E-state index contributed by atoms with van der Waals surface area (Å²) in [6, 6.07) is 6.57. The highest BCUT2D eigenvalue weighted by Crippen LogP contribution is 2.08. The van der Waals surface area contributed by atoms with Crippen molar-refractivity contribution in [1.82, 2.24) is 4.90 Å². The molecule has 0 aromatic heterocycles. The maximum Gasteiger partial charge on any atom is 0.123 e. The third-order valence-electron chi connectivity index (χ3n) is 3.26. The highest BCUT2D eigenvalue weighted by Gasteiger charge is 2.03. The van der Waals surface area contributed by atoms with E-state index in [-0.39, 0.29) is 5.82 Å². The van der Waals surface area contributed by atoms with Crippen molar-refractivity contribution in [2.45, 2.75) is 39.5 Å². The Hall–Kier alpha value is -1.09. The molecule has 0 bridgehead atoms. The molecule has 0 radical (unpaired) electrons. The van der Waals surface area contributed by atoms with Gasteiger partial charge in [-0.2, -0.15) is 0 Å². The Labute approximate surface area is 117 Å². The zero-order chi connectivity index (χ0) is 13.9. The number of hydrogen-bond acceptors (Lipinski definition) is 2. The zero-order valence-corrected chi connectivity index (χ0v) is 12.3. The average molecular weight is 266 g/mol. The van der Waals surface area contributed by atoms with Gasteiger partial charge in [0.25, 0.3) is 0 Å². The van der Waals surface area contributed by atoms with E-state index in [1.165, 1.54) is 50.9 Å². The molecule has 108 valence electrons. The van der Waals surface area contributed by atoms with Crippen LogP contribution in [0.5, 0.6) is 0 Å². The Balaban J connectivity index is 2.27. The van der Waals surface area contributed by atoms with Gasteiger partial charge in [0, 0.05) is 18.8 Å². The first kappa shape index (κ1) is 16.0. The minimum Gasteiger partial charge on any atom is -0.384 e. The Morgan fingerprint density at radius 3 is 2.05 bits per heavy atom. The maximum atomic E-state index is 12.8. The molecule has 0 unspecified atom stereocenters. The van der Waals surface area contributed by atoms with Crippen molar-refractivity contribution in [1.29, 1.82) is 0 Å². The minimum absolute atomic E-state index is 0.182. The molecule has 0 saturated heterocycles. The van der Waals surface area contributed by atoms with Crippen molar-refractivity contribution >= 4 is 5.69 Å². The summed E-state index contributed by atoms with van der Waals surface area (Å²) in [5.41, 5.74) is 0.993. The predicted molar refractivity (Wildman–Crippen MR) is 81.1 cm³/mol. The lowest BCUT2D eigenvalue weighted by Crippen LogP contribution is -2.31. The van der Waals surface area contributed by atoms with Crippen molar-refractivity contribution in [3.8, 4) is 0 Å². The molecular weight excluding hydrogens is 239 g/mol. The standard InChI is InChI=1S/C16H27FN2/c1-3-5-12-19(13-6-4-2)14-11-18-16-9-7-15(17)8-10-16/h7-10,18H,3-6,11-14H2,1-2H3. The normalized spacial score (nSPS) is 10.9. The number of halogens is 1. The molecule has 1 N–H and O–H groups in total. The van der Waals surface area contributed by atoms with Gasteiger partial charge < -0.3 is 10.2 Å². The summed E-state index contributed by atoms with van der Waals surface area (Å²) in [6.45, 7) is 8.79. The van der Waals surface area contributed by atoms with Crippen molar-refractivity contribution < 1.29 is 4.39 Å². The number of hydrogen-bond donors (Lipinski definition) is 1. The maximum absolute atomic E-state index is 12.8. The Bertz CT molecular complexity index is 316. The first-order valence-corrected chi connectivity index (χ1v) is 7.48. The van der Waals surface area contributed by atoms with Crippen LogP contribution >= 0.6 is 0 Å². The van der Waals surface area contributed by atoms with Crippen molar-refractivity contribution in [3.05, 3.63) is 30.1 Å². The number of nitrogens with one attached hydrogen (secondary N) is 1. The summed E-state index contributed by atoms with van der Waals surface area (Å²) in [4.78, 5) is 2.52. The topological polar surface area (TPSA) is 15.3 Å². The third-order valence-corrected chi connectivity index (χ3v) is 3.26. The molecule has 0 atom stereocenters. The fraction of sp³-hybridized carbons (Fsp3) is 0.625. The summed E-state index contributed by atoms with van der Waals surface area (Å²) in [5, 5.41) is 3.35. The second-order valence-corrected chi connectivity index (χ2v) is 4.98. The molecule has 0 heterocycles. The fourth-order valence-corrected chi connectivity index (χ4v) is 2.02. The monoisotopic (exact) mass is 266 g/mol. The van der Waals surface area contributed by atoms with Gasteiger partial charge in [-0.05, 0) is 50.2 Å². The molecule has 0 aliphatic rings. The molecule has 3 heteroatoms. The second kappa shape index (κ2) is 9.79. The van der Waals surface area contributed by atoms with Crippen LogP contribution in [0, 0.1) is 5.82 Å². The van der Waals surface area contributed by atoms with Gasteiger partial charge in [-0.25, -0.2) is 4.39 Å². The molecule has 2 nitrogen and oxygen atoms in total. The zero-order valence-electron chi connectivity index (χ0n) is 12.3. The van der Waals surface area contributed by atoms with Gasteiger partial charge in [0.1, 0.15) is 5.82 Å². The Kier molecular flexibility index (Phi) is 8.23. The molecule has 0 aliphatic carbocycles. The van der Waals surface area contributed by atoms with E-state index in [4.69, 9.17) is 0 Å². The van der Waals surface area contributed by atoms with Crippen LogP contribution in [0.3, 0.4) is 0 Å². The molecule has 1 rings (SSSR count). The van der Waals surface area contributed by atoms with E-state index in [1.807, 2.05) is 0 Å². The summed E-state index contributed by atoms with van der Waals surface area (Å²) in [7, 11) is 0. The van der Waals surface area contributed by atoms with Gasteiger partial charge >= 0.3 is 0 Å². The molecular formula is C16H27FN2. The van der Waals surface area contributed by atoms with Crippen molar-refractivity contribution in [3.63, 3.8) is 0 Å². The van der Waals surface area contributed by atoms with E-state index in [0.717, 1.165) is 18.8 Å². The largest absolute Gasteiger partial charge is 0.384 e. The average Bonchev–Trinajstić information content (AvgIpc) is 2.43. The summed E-state index contributed by atoms with van der Waals surface area (Å²) < 4.78 is 12.8.